The van der Waals surface area contributed by atoms with Crippen LogP contribution in [0.3, 0.4) is 0 Å². The number of phosphoric ester groups is 1. The minimum absolute atomic E-state index is 0.143. The maximum atomic E-state index is 12.1. The van der Waals surface area contributed by atoms with Crippen molar-refractivity contribution in [3.63, 3.8) is 0 Å². The van der Waals surface area contributed by atoms with Gasteiger partial charge in [-0.25, -0.2) is 4.57 Å². The molecule has 1 N–H and O–H groups in total. The maximum absolute atomic E-state index is 12.1. The first kappa shape index (κ1) is 15.1. The number of aliphatic hydroxyl groups excluding tert-OH is 1. The van der Waals surface area contributed by atoms with Crippen LogP contribution in [0.2, 0.25) is 0 Å². The van der Waals surface area contributed by atoms with E-state index in [2.05, 4.69) is 0 Å². The predicted molar refractivity (Wildman–Crippen MR) is 64.8 cm³/mol. The molecule has 1 saturated heterocycles. The van der Waals surface area contributed by atoms with Gasteiger partial charge in [-0.15, -0.1) is 0 Å². The van der Waals surface area contributed by atoms with E-state index in [0.717, 1.165) is 12.8 Å². The van der Waals surface area contributed by atoms with Crippen molar-refractivity contribution in [2.45, 2.75) is 46.1 Å². The summed E-state index contributed by atoms with van der Waals surface area (Å²) in [6.45, 7) is 6.51. The second-order valence-electron chi connectivity index (χ2n) is 5.21. The molecule has 1 aliphatic heterocycles. The molecule has 17 heavy (non-hydrogen) atoms. The Balaban J connectivity index is 2.46. The monoisotopic (exact) mass is 266 g/mol. The van der Waals surface area contributed by atoms with Gasteiger partial charge < -0.3 is 5.11 Å². The summed E-state index contributed by atoms with van der Waals surface area (Å²) in [4.78, 5) is 0. The molecule has 0 aliphatic carbocycles. The van der Waals surface area contributed by atoms with Crippen molar-refractivity contribution in [3.05, 3.63) is 0 Å². The average Bonchev–Trinajstić information content (AvgIpc) is 2.29. The van der Waals surface area contributed by atoms with Crippen LogP contribution >= 0.6 is 7.82 Å². The van der Waals surface area contributed by atoms with Crippen LogP contribution < -0.4 is 0 Å². The lowest BCUT2D eigenvalue weighted by atomic mass is 9.97. The van der Waals surface area contributed by atoms with Crippen molar-refractivity contribution in [2.24, 2.45) is 5.41 Å². The Hall–Kier alpha value is 0.0700. The highest BCUT2D eigenvalue weighted by molar-refractivity contribution is 7.48. The van der Waals surface area contributed by atoms with E-state index in [-0.39, 0.29) is 12.0 Å². The molecule has 1 heterocycles. The summed E-state index contributed by atoms with van der Waals surface area (Å²) in [6, 6.07) is 0. The van der Waals surface area contributed by atoms with Crippen molar-refractivity contribution < 1.29 is 23.2 Å². The van der Waals surface area contributed by atoms with Crippen LogP contribution in [0, 0.1) is 5.41 Å². The van der Waals surface area contributed by atoms with E-state index in [4.69, 9.17) is 18.7 Å². The second-order valence-corrected chi connectivity index (χ2v) is 6.83. The number of hydrogen-bond acceptors (Lipinski definition) is 5. The van der Waals surface area contributed by atoms with Gasteiger partial charge in [-0.05, 0) is 6.42 Å². The Morgan fingerprint density at radius 3 is 2.47 bits per heavy atom. The van der Waals surface area contributed by atoms with Crippen LogP contribution in [-0.4, -0.2) is 31.0 Å². The van der Waals surface area contributed by atoms with Crippen molar-refractivity contribution in [2.75, 3.05) is 19.8 Å². The number of phosphoric acid groups is 1. The minimum atomic E-state index is -3.47. The molecule has 6 heteroatoms. The minimum Gasteiger partial charge on any atom is -0.394 e. The zero-order chi connectivity index (χ0) is 12.9. The molecule has 0 spiro atoms. The van der Waals surface area contributed by atoms with Crippen molar-refractivity contribution in [1.82, 2.24) is 0 Å². The van der Waals surface area contributed by atoms with Crippen molar-refractivity contribution >= 4 is 7.82 Å². The zero-order valence-corrected chi connectivity index (χ0v) is 11.7. The molecule has 0 saturated carbocycles. The normalized spacial score (nSPS) is 24.5. The van der Waals surface area contributed by atoms with Gasteiger partial charge in [-0.3, -0.25) is 13.6 Å². The third kappa shape index (κ3) is 5.06. The van der Waals surface area contributed by atoms with Crippen LogP contribution in [0.4, 0.5) is 0 Å². The lowest BCUT2D eigenvalue weighted by Gasteiger charge is -2.34. The smallest absolute Gasteiger partial charge is 0.394 e. The molecule has 0 radical (unpaired) electrons. The Kier molecular flexibility index (Phi) is 5.61. The van der Waals surface area contributed by atoms with Crippen molar-refractivity contribution in [3.8, 4) is 0 Å². The first-order chi connectivity index (χ1) is 7.91. The van der Waals surface area contributed by atoms with Gasteiger partial charge in [-0.2, -0.15) is 0 Å². The molecular weight excluding hydrogens is 243 g/mol. The first-order valence-electron chi connectivity index (χ1n) is 6.09. The van der Waals surface area contributed by atoms with Gasteiger partial charge in [0.2, 0.25) is 0 Å². The van der Waals surface area contributed by atoms with E-state index in [1.54, 1.807) is 0 Å². The summed E-state index contributed by atoms with van der Waals surface area (Å²) < 4.78 is 27.7. The molecule has 1 atom stereocenters. The van der Waals surface area contributed by atoms with Gasteiger partial charge in [-0.1, -0.05) is 33.6 Å². The molecule has 0 aromatic heterocycles. The number of hydrogen-bond donors (Lipinski definition) is 1. The highest BCUT2D eigenvalue weighted by atomic mass is 31.2. The molecule has 1 unspecified atom stereocenters. The van der Waals surface area contributed by atoms with Crippen LogP contribution in [0.15, 0.2) is 0 Å². The van der Waals surface area contributed by atoms with Gasteiger partial charge in [0.15, 0.2) is 0 Å². The highest BCUT2D eigenvalue weighted by Crippen LogP contribution is 2.55. The largest absolute Gasteiger partial charge is 0.475 e. The van der Waals surface area contributed by atoms with Crippen LogP contribution in [0.1, 0.15) is 40.0 Å². The molecule has 102 valence electrons. The lowest BCUT2D eigenvalue weighted by Crippen LogP contribution is -2.31. The Morgan fingerprint density at radius 1 is 1.41 bits per heavy atom. The lowest BCUT2D eigenvalue weighted by molar-refractivity contribution is -0.0219. The fourth-order valence-electron chi connectivity index (χ4n) is 1.44. The number of aliphatic hydroxyl groups is 1. The third-order valence-electron chi connectivity index (χ3n) is 2.59. The van der Waals surface area contributed by atoms with E-state index in [1.165, 1.54) is 0 Å². The first-order valence-corrected chi connectivity index (χ1v) is 7.55. The fraction of sp³-hybridized carbons (Fsp3) is 1.00. The van der Waals surface area contributed by atoms with E-state index >= 15 is 0 Å². The molecule has 5 nitrogen and oxygen atoms in total. The van der Waals surface area contributed by atoms with Gasteiger partial charge in [0.05, 0.1) is 25.9 Å². The van der Waals surface area contributed by atoms with Gasteiger partial charge in [0.1, 0.15) is 0 Å². The van der Waals surface area contributed by atoms with E-state index < -0.39 is 13.9 Å². The molecule has 0 aromatic rings. The molecule has 1 fully saturated rings. The third-order valence-corrected chi connectivity index (χ3v) is 4.04. The van der Waals surface area contributed by atoms with E-state index in [0.29, 0.717) is 19.6 Å². The fourth-order valence-corrected chi connectivity index (χ4v) is 3.19. The predicted octanol–water partition coefficient (Wildman–Crippen LogP) is 2.74. The Labute approximate surface area is 103 Å². The van der Waals surface area contributed by atoms with Crippen LogP contribution in [-0.2, 0) is 18.1 Å². The van der Waals surface area contributed by atoms with Crippen LogP contribution in [0.25, 0.3) is 0 Å². The molecular formula is C11H23O5P. The van der Waals surface area contributed by atoms with Gasteiger partial charge in [0.25, 0.3) is 0 Å². The average molecular weight is 266 g/mol. The van der Waals surface area contributed by atoms with Crippen LogP contribution in [0.5, 0.6) is 0 Å². The zero-order valence-electron chi connectivity index (χ0n) is 10.8. The van der Waals surface area contributed by atoms with E-state index in [1.807, 2.05) is 20.8 Å². The topological polar surface area (TPSA) is 65.0 Å². The van der Waals surface area contributed by atoms with Crippen molar-refractivity contribution in [1.29, 1.82) is 0 Å². The SMILES string of the molecule is CCCCC(CO)OP1(=O)OCC(C)(C)CO1. The summed E-state index contributed by atoms with van der Waals surface area (Å²) in [5.41, 5.74) is -0.143. The summed E-state index contributed by atoms with van der Waals surface area (Å²) >= 11 is 0. The number of rotatable bonds is 6. The standard InChI is InChI=1S/C11H23O5P/c1-4-5-6-10(7-12)16-17(13)14-8-11(2,3)9-15-17/h10,12H,4-9H2,1-3H3. The van der Waals surface area contributed by atoms with E-state index in [9.17, 15) is 4.57 Å². The summed E-state index contributed by atoms with van der Waals surface area (Å²) in [7, 11) is -3.47. The Bertz CT molecular complexity index is 265. The summed E-state index contributed by atoms with van der Waals surface area (Å²) in [5.74, 6) is 0. The second kappa shape index (κ2) is 6.30. The Morgan fingerprint density at radius 2 is 2.00 bits per heavy atom. The van der Waals surface area contributed by atoms with Gasteiger partial charge in [0, 0.05) is 5.41 Å². The molecule has 1 rings (SSSR count). The number of unbranched alkanes of at least 4 members (excludes halogenated alkanes) is 1. The highest BCUT2D eigenvalue weighted by Gasteiger charge is 2.39. The molecule has 1 aliphatic rings. The van der Waals surface area contributed by atoms with Gasteiger partial charge >= 0.3 is 7.82 Å². The summed E-state index contributed by atoms with van der Waals surface area (Å²) in [6.07, 6.45) is 2.10. The maximum Gasteiger partial charge on any atom is 0.475 e. The quantitative estimate of drug-likeness (QED) is 0.749. The molecule has 0 aromatic carbocycles. The molecule has 0 amide bonds. The summed E-state index contributed by atoms with van der Waals surface area (Å²) in [5, 5.41) is 9.14. The molecule has 0 bridgehead atoms.